The maximum atomic E-state index is 13.0. The fourth-order valence-electron chi connectivity index (χ4n) is 1.92. The molecular formula is C16H11ClF4N2O4. The van der Waals surface area contributed by atoms with Crippen LogP contribution in [0.15, 0.2) is 42.5 Å². The van der Waals surface area contributed by atoms with E-state index >= 15 is 0 Å². The van der Waals surface area contributed by atoms with Crippen molar-refractivity contribution in [2.24, 2.45) is 0 Å². The van der Waals surface area contributed by atoms with E-state index in [1.807, 2.05) is 0 Å². The highest BCUT2D eigenvalue weighted by Crippen LogP contribution is 2.31. The van der Waals surface area contributed by atoms with Gasteiger partial charge in [0.25, 0.3) is 11.6 Å². The zero-order chi connectivity index (χ0) is 20.2. The number of rotatable bonds is 7. The largest absolute Gasteiger partial charge is 0.485 e. The van der Waals surface area contributed by atoms with E-state index in [0.717, 1.165) is 18.2 Å². The molecular weight excluding hydrogens is 396 g/mol. The number of amides is 1. The topological polar surface area (TPSA) is 81.5 Å². The lowest BCUT2D eigenvalue weighted by molar-refractivity contribution is -0.384. The average molecular weight is 407 g/mol. The molecule has 11 heteroatoms. The Labute approximate surface area is 154 Å². The van der Waals surface area contributed by atoms with Crippen molar-refractivity contribution in [3.8, 4) is 5.75 Å². The molecule has 2 aromatic carbocycles. The number of benzene rings is 2. The predicted octanol–water partition coefficient (Wildman–Crippen LogP) is 4.78. The smallest absolute Gasteiger partial charge is 0.340 e. The molecule has 6 nitrogen and oxygen atoms in total. The molecule has 1 N–H and O–H groups in total. The second kappa shape index (κ2) is 8.21. The Morgan fingerprint density at radius 3 is 2.59 bits per heavy atom. The van der Waals surface area contributed by atoms with Gasteiger partial charge in [0.2, 0.25) is 0 Å². The number of nitro groups is 1. The molecule has 0 fully saturated rings. The number of hydrogen-bond acceptors (Lipinski definition) is 4. The minimum absolute atomic E-state index is 0.0898. The van der Waals surface area contributed by atoms with E-state index in [-0.39, 0.29) is 27.7 Å². The summed E-state index contributed by atoms with van der Waals surface area (Å²) < 4.78 is 55.3. The van der Waals surface area contributed by atoms with Crippen LogP contribution in [0.2, 0.25) is 5.02 Å². The van der Waals surface area contributed by atoms with Gasteiger partial charge in [-0.3, -0.25) is 14.9 Å². The standard InChI is InChI=1S/C16H11ClF4N2O4/c17-10-4-5-13(27-8-16(20,21)15(18)19)12(7-10)22-14(24)9-2-1-3-11(6-9)23(25)26/h1-7,15H,8H2,(H,22,24). The van der Waals surface area contributed by atoms with Gasteiger partial charge in [-0.15, -0.1) is 0 Å². The number of hydrogen-bond donors (Lipinski definition) is 1. The SMILES string of the molecule is O=C(Nc1cc(Cl)ccc1OCC(F)(F)C(F)F)c1cccc([N+](=O)[O-])c1. The van der Waals surface area contributed by atoms with Gasteiger partial charge in [-0.05, 0) is 24.3 Å². The Morgan fingerprint density at radius 2 is 1.96 bits per heavy atom. The summed E-state index contributed by atoms with van der Waals surface area (Å²) >= 11 is 5.79. The monoisotopic (exact) mass is 406 g/mol. The molecule has 144 valence electrons. The number of carbonyl (C=O) groups is 1. The predicted molar refractivity (Wildman–Crippen MR) is 88.9 cm³/mol. The zero-order valence-electron chi connectivity index (χ0n) is 13.3. The van der Waals surface area contributed by atoms with Crippen molar-refractivity contribution in [3.63, 3.8) is 0 Å². The minimum atomic E-state index is -4.39. The number of halogens is 5. The van der Waals surface area contributed by atoms with Gasteiger partial charge >= 0.3 is 12.3 Å². The molecule has 0 bridgehead atoms. The van der Waals surface area contributed by atoms with Crippen molar-refractivity contribution < 1.29 is 32.0 Å². The second-order valence-corrected chi connectivity index (χ2v) is 5.69. The van der Waals surface area contributed by atoms with Crippen molar-refractivity contribution in [2.45, 2.75) is 12.3 Å². The van der Waals surface area contributed by atoms with Crippen LogP contribution in [0.5, 0.6) is 5.75 Å². The first kappa shape index (κ1) is 20.4. The summed E-state index contributed by atoms with van der Waals surface area (Å²) in [7, 11) is 0. The molecule has 0 unspecified atom stereocenters. The summed E-state index contributed by atoms with van der Waals surface area (Å²) in [6.07, 6.45) is -3.92. The molecule has 0 saturated carbocycles. The molecule has 0 radical (unpaired) electrons. The fraction of sp³-hybridized carbons (Fsp3) is 0.188. The molecule has 0 aliphatic heterocycles. The van der Waals surface area contributed by atoms with Gasteiger partial charge < -0.3 is 10.1 Å². The van der Waals surface area contributed by atoms with Crippen molar-refractivity contribution in [3.05, 3.63) is 63.2 Å². The average Bonchev–Trinajstić information content (AvgIpc) is 2.61. The number of anilines is 1. The van der Waals surface area contributed by atoms with E-state index in [9.17, 15) is 32.5 Å². The van der Waals surface area contributed by atoms with Gasteiger partial charge in [0.1, 0.15) is 5.75 Å². The number of non-ortho nitro benzene ring substituents is 1. The number of ether oxygens (including phenoxy) is 1. The summed E-state index contributed by atoms with van der Waals surface area (Å²) in [6.45, 7) is -1.62. The molecule has 0 aliphatic carbocycles. The zero-order valence-corrected chi connectivity index (χ0v) is 14.1. The van der Waals surface area contributed by atoms with Crippen LogP contribution in [0.4, 0.5) is 28.9 Å². The second-order valence-electron chi connectivity index (χ2n) is 5.25. The minimum Gasteiger partial charge on any atom is -0.485 e. The molecule has 27 heavy (non-hydrogen) atoms. The van der Waals surface area contributed by atoms with Crippen LogP contribution < -0.4 is 10.1 Å². The van der Waals surface area contributed by atoms with Crippen LogP contribution >= 0.6 is 11.6 Å². The highest BCUT2D eigenvalue weighted by molar-refractivity contribution is 6.31. The molecule has 0 saturated heterocycles. The van der Waals surface area contributed by atoms with Crippen molar-refractivity contribution in [2.75, 3.05) is 11.9 Å². The van der Waals surface area contributed by atoms with Gasteiger partial charge in [-0.2, -0.15) is 8.78 Å². The first-order valence-corrected chi connectivity index (χ1v) is 7.62. The lowest BCUT2D eigenvalue weighted by Crippen LogP contribution is -2.33. The van der Waals surface area contributed by atoms with Crippen LogP contribution in [-0.4, -0.2) is 29.8 Å². The van der Waals surface area contributed by atoms with E-state index in [1.165, 1.54) is 24.3 Å². The number of nitrogens with zero attached hydrogens (tertiary/aromatic N) is 1. The van der Waals surface area contributed by atoms with Crippen LogP contribution in [-0.2, 0) is 0 Å². The van der Waals surface area contributed by atoms with E-state index in [2.05, 4.69) is 5.32 Å². The molecule has 0 aromatic heterocycles. The third kappa shape index (κ3) is 5.30. The van der Waals surface area contributed by atoms with Crippen LogP contribution in [0, 0.1) is 10.1 Å². The summed E-state index contributed by atoms with van der Waals surface area (Å²) in [5.74, 6) is -5.52. The maximum Gasteiger partial charge on any atom is 0.340 e. The van der Waals surface area contributed by atoms with E-state index in [0.29, 0.717) is 0 Å². The highest BCUT2D eigenvalue weighted by atomic mass is 35.5. The first-order chi connectivity index (χ1) is 12.6. The van der Waals surface area contributed by atoms with Crippen LogP contribution in [0.25, 0.3) is 0 Å². The number of alkyl halides is 4. The van der Waals surface area contributed by atoms with E-state index in [1.54, 1.807) is 0 Å². The van der Waals surface area contributed by atoms with Crippen LogP contribution in [0.3, 0.4) is 0 Å². The Bertz CT molecular complexity index is 864. The lowest BCUT2D eigenvalue weighted by Gasteiger charge is -2.18. The molecule has 2 rings (SSSR count). The fourth-order valence-corrected chi connectivity index (χ4v) is 2.09. The van der Waals surface area contributed by atoms with Gasteiger partial charge in [-0.25, -0.2) is 8.78 Å². The van der Waals surface area contributed by atoms with Crippen LogP contribution in [0.1, 0.15) is 10.4 Å². The van der Waals surface area contributed by atoms with Crippen molar-refractivity contribution in [1.82, 2.24) is 0 Å². The molecule has 0 atom stereocenters. The molecule has 1 amide bonds. The molecule has 0 heterocycles. The lowest BCUT2D eigenvalue weighted by atomic mass is 10.2. The Balaban J connectivity index is 2.22. The summed E-state index contributed by atoms with van der Waals surface area (Å²) in [4.78, 5) is 22.3. The van der Waals surface area contributed by atoms with Gasteiger partial charge in [0, 0.05) is 22.7 Å². The van der Waals surface area contributed by atoms with E-state index < -0.39 is 29.8 Å². The quantitative estimate of drug-likeness (QED) is 0.407. The van der Waals surface area contributed by atoms with Crippen molar-refractivity contribution >= 4 is 28.9 Å². The number of carbonyl (C=O) groups excluding carboxylic acids is 1. The number of nitro benzene ring substituents is 1. The normalized spacial score (nSPS) is 11.3. The molecule has 0 spiro atoms. The van der Waals surface area contributed by atoms with E-state index in [4.69, 9.17) is 16.3 Å². The van der Waals surface area contributed by atoms with Gasteiger partial charge in [0.05, 0.1) is 10.6 Å². The van der Waals surface area contributed by atoms with Crippen molar-refractivity contribution in [1.29, 1.82) is 0 Å². The Morgan fingerprint density at radius 1 is 1.26 bits per heavy atom. The molecule has 2 aromatic rings. The van der Waals surface area contributed by atoms with Gasteiger partial charge in [0.15, 0.2) is 6.61 Å². The number of nitrogens with one attached hydrogen (secondary N) is 1. The first-order valence-electron chi connectivity index (χ1n) is 7.24. The third-order valence-corrected chi connectivity index (χ3v) is 3.48. The summed E-state index contributed by atoms with van der Waals surface area (Å²) in [6, 6.07) is 8.28. The maximum absolute atomic E-state index is 13.0. The van der Waals surface area contributed by atoms with Gasteiger partial charge in [-0.1, -0.05) is 17.7 Å². The highest BCUT2D eigenvalue weighted by Gasteiger charge is 2.41. The summed E-state index contributed by atoms with van der Waals surface area (Å²) in [5, 5.41) is 13.2. The Kier molecular flexibility index (Phi) is 6.21. The summed E-state index contributed by atoms with van der Waals surface area (Å²) in [5.41, 5.74) is -0.584. The molecule has 0 aliphatic rings. The Hall–Kier alpha value is -2.88. The third-order valence-electron chi connectivity index (χ3n) is 3.25.